The molecule has 1 aromatic rings. The number of hydrogen-bond donors (Lipinski definition) is 0. The maximum atomic E-state index is 3.50. The molecule has 1 heterocycles. The molecule has 0 unspecified atom stereocenters. The van der Waals surface area contributed by atoms with E-state index in [-0.39, 0.29) is 0 Å². The van der Waals surface area contributed by atoms with E-state index in [1.165, 1.54) is 21.8 Å². The van der Waals surface area contributed by atoms with Crippen LogP contribution in [0, 0.1) is 0 Å². The highest BCUT2D eigenvalue weighted by atomic mass is 79.9. The Bertz CT molecular complexity index is 318. The Labute approximate surface area is 82.7 Å². The van der Waals surface area contributed by atoms with Gasteiger partial charge >= 0.3 is 0 Å². The second-order valence-corrected chi connectivity index (χ2v) is 4.94. The summed E-state index contributed by atoms with van der Waals surface area (Å²) in [6.07, 6.45) is 1.17. The van der Waals surface area contributed by atoms with Crippen molar-refractivity contribution in [1.29, 1.82) is 0 Å². The van der Waals surface area contributed by atoms with Crippen molar-refractivity contribution in [1.82, 2.24) is 0 Å². The average Bonchev–Trinajstić information content (AvgIpc) is 2.28. The van der Waals surface area contributed by atoms with Gasteiger partial charge in [-0.3, -0.25) is 0 Å². The van der Waals surface area contributed by atoms with Crippen LogP contribution in [0.3, 0.4) is 0 Å². The number of benzene rings is 1. The monoisotopic (exact) mass is 221 g/mol. The Morgan fingerprint density at radius 2 is 2.17 bits per heavy atom. The predicted molar refractivity (Wildman–Crippen MR) is 57.4 cm³/mol. The van der Waals surface area contributed by atoms with Gasteiger partial charge in [-0.15, -0.1) is 0 Å². The van der Waals surface area contributed by atoms with Crippen LogP contribution in [-0.4, -0.2) is 7.28 Å². The van der Waals surface area contributed by atoms with Gasteiger partial charge in [-0.2, -0.15) is 0 Å². The molecule has 0 N–H and O–H groups in total. The molecule has 0 spiro atoms. The van der Waals surface area contributed by atoms with Crippen molar-refractivity contribution in [3.8, 4) is 0 Å². The third-order valence-corrected chi connectivity index (χ3v) is 3.07. The molecule has 1 aromatic carbocycles. The van der Waals surface area contributed by atoms with Gasteiger partial charge < -0.3 is 0 Å². The normalized spacial score (nSPS) is 18.6. The molecular weight excluding hydrogens is 211 g/mol. The van der Waals surface area contributed by atoms with Crippen molar-refractivity contribution in [2.45, 2.75) is 25.6 Å². The van der Waals surface area contributed by atoms with Crippen molar-refractivity contribution in [2.75, 3.05) is 0 Å². The van der Waals surface area contributed by atoms with Crippen LogP contribution >= 0.6 is 15.9 Å². The zero-order valence-corrected chi connectivity index (χ0v) is 8.98. The van der Waals surface area contributed by atoms with Gasteiger partial charge in [0.05, 0.1) is 0 Å². The maximum Gasteiger partial charge on any atom is 0.152 e. The third kappa shape index (κ3) is 1.22. The Morgan fingerprint density at radius 3 is 2.92 bits per heavy atom. The molecule has 2 rings (SSSR count). The number of rotatable bonds is 0. The second kappa shape index (κ2) is 2.63. The highest BCUT2D eigenvalue weighted by molar-refractivity contribution is 9.10. The Hall–Kier alpha value is -0.235. The van der Waals surface area contributed by atoms with Gasteiger partial charge in [0.15, 0.2) is 7.28 Å². The molecule has 0 amide bonds. The lowest BCUT2D eigenvalue weighted by Gasteiger charge is -2.19. The molecule has 1 aliphatic rings. The number of fused-ring (bicyclic) bond motifs is 1. The molecule has 0 atom stereocenters. The predicted octanol–water partition coefficient (Wildman–Crippen LogP) is 2.49. The SMILES string of the molecule is CC1(C)C[B]c2ccc(Br)cc21. The van der Waals surface area contributed by atoms with Crippen molar-refractivity contribution < 1.29 is 0 Å². The molecule has 61 valence electrons. The van der Waals surface area contributed by atoms with E-state index < -0.39 is 0 Å². The minimum absolute atomic E-state index is 0.332. The summed E-state index contributed by atoms with van der Waals surface area (Å²) in [5.74, 6) is 0. The van der Waals surface area contributed by atoms with Crippen molar-refractivity contribution in [2.24, 2.45) is 0 Å². The van der Waals surface area contributed by atoms with Gasteiger partial charge in [-0.25, -0.2) is 0 Å². The lowest BCUT2D eigenvalue weighted by molar-refractivity contribution is 0.603. The highest BCUT2D eigenvalue weighted by Gasteiger charge is 2.29. The summed E-state index contributed by atoms with van der Waals surface area (Å²) < 4.78 is 1.18. The topological polar surface area (TPSA) is 0 Å². The van der Waals surface area contributed by atoms with Gasteiger partial charge in [-0.1, -0.05) is 47.6 Å². The molecule has 12 heavy (non-hydrogen) atoms. The molecule has 0 fully saturated rings. The first kappa shape index (κ1) is 8.37. The van der Waals surface area contributed by atoms with Gasteiger partial charge in [0.1, 0.15) is 0 Å². The summed E-state index contributed by atoms with van der Waals surface area (Å²) in [7, 11) is 2.32. The fourth-order valence-electron chi connectivity index (χ4n) is 1.77. The van der Waals surface area contributed by atoms with E-state index in [1.54, 1.807) is 0 Å². The molecule has 2 heteroatoms. The summed E-state index contributed by atoms with van der Waals surface area (Å²) in [5, 5.41) is 0. The third-order valence-electron chi connectivity index (χ3n) is 2.58. The number of halogens is 1. The van der Waals surface area contributed by atoms with E-state index in [2.05, 4.69) is 55.3 Å². The van der Waals surface area contributed by atoms with E-state index >= 15 is 0 Å². The largest absolute Gasteiger partial charge is 0.152 e. The van der Waals surface area contributed by atoms with Gasteiger partial charge in [-0.05, 0) is 23.1 Å². The molecular formula is C10H11BBr. The van der Waals surface area contributed by atoms with Crippen LogP contribution in [0.1, 0.15) is 19.4 Å². The van der Waals surface area contributed by atoms with Crippen LogP contribution in [0.5, 0.6) is 0 Å². The smallest absolute Gasteiger partial charge is 0.0840 e. The molecule has 0 saturated heterocycles. The average molecular weight is 222 g/mol. The highest BCUT2D eigenvalue weighted by Crippen LogP contribution is 2.32. The van der Waals surface area contributed by atoms with E-state index in [4.69, 9.17) is 0 Å². The molecule has 1 radical (unpaired) electrons. The summed E-state index contributed by atoms with van der Waals surface area (Å²) in [6, 6.07) is 6.53. The minimum Gasteiger partial charge on any atom is -0.0840 e. The molecule has 0 saturated carbocycles. The van der Waals surface area contributed by atoms with Gasteiger partial charge in [0, 0.05) is 4.47 Å². The molecule has 0 aliphatic carbocycles. The van der Waals surface area contributed by atoms with Crippen LogP contribution in [0.2, 0.25) is 6.32 Å². The summed E-state index contributed by atoms with van der Waals surface area (Å²) in [4.78, 5) is 0. The van der Waals surface area contributed by atoms with Crippen LogP contribution in [0.15, 0.2) is 22.7 Å². The minimum atomic E-state index is 0.332. The van der Waals surface area contributed by atoms with Gasteiger partial charge in [0.25, 0.3) is 0 Å². The molecule has 0 nitrogen and oxygen atoms in total. The van der Waals surface area contributed by atoms with Crippen LogP contribution in [-0.2, 0) is 5.41 Å². The molecule has 0 bridgehead atoms. The first-order valence-electron chi connectivity index (χ1n) is 4.23. The Kier molecular flexibility index (Phi) is 1.83. The summed E-state index contributed by atoms with van der Waals surface area (Å²) in [6.45, 7) is 4.59. The standard InChI is InChI=1S/C10H11BBr/c1-10(2)6-11-9-4-3-7(12)5-8(9)10/h3-5H,6H2,1-2H3. The van der Waals surface area contributed by atoms with E-state index in [9.17, 15) is 0 Å². The Morgan fingerprint density at radius 1 is 1.42 bits per heavy atom. The van der Waals surface area contributed by atoms with Crippen LogP contribution in [0.4, 0.5) is 0 Å². The molecule has 0 aromatic heterocycles. The first-order valence-corrected chi connectivity index (χ1v) is 5.02. The van der Waals surface area contributed by atoms with Crippen molar-refractivity contribution in [3.05, 3.63) is 28.2 Å². The maximum absolute atomic E-state index is 3.50. The van der Waals surface area contributed by atoms with Gasteiger partial charge in [0.2, 0.25) is 0 Å². The van der Waals surface area contributed by atoms with E-state index in [0.717, 1.165) is 0 Å². The lowest BCUT2D eigenvalue weighted by Crippen LogP contribution is -2.14. The van der Waals surface area contributed by atoms with Crippen molar-refractivity contribution in [3.63, 3.8) is 0 Å². The van der Waals surface area contributed by atoms with Crippen LogP contribution in [0.25, 0.3) is 0 Å². The lowest BCUT2D eigenvalue weighted by atomic mass is 9.69. The molecule has 1 aliphatic heterocycles. The fourth-order valence-corrected chi connectivity index (χ4v) is 2.13. The van der Waals surface area contributed by atoms with E-state index in [1.807, 2.05) is 0 Å². The van der Waals surface area contributed by atoms with Crippen molar-refractivity contribution >= 4 is 28.7 Å². The quantitative estimate of drug-likeness (QED) is 0.591. The zero-order valence-electron chi connectivity index (χ0n) is 7.39. The van der Waals surface area contributed by atoms with Crippen LogP contribution < -0.4 is 5.46 Å². The van der Waals surface area contributed by atoms with E-state index in [0.29, 0.717) is 5.41 Å². The summed E-state index contributed by atoms with van der Waals surface area (Å²) in [5.41, 5.74) is 3.21. The summed E-state index contributed by atoms with van der Waals surface area (Å²) >= 11 is 3.50. The second-order valence-electron chi connectivity index (χ2n) is 4.02. The first-order chi connectivity index (χ1) is 5.59. The zero-order chi connectivity index (χ0) is 8.77. The number of hydrogen-bond acceptors (Lipinski definition) is 0. The Balaban J connectivity index is 2.57. The fraction of sp³-hybridized carbons (Fsp3) is 0.400.